The van der Waals surface area contributed by atoms with Crippen LogP contribution in [0.25, 0.3) is 0 Å². The van der Waals surface area contributed by atoms with Crippen molar-refractivity contribution < 1.29 is 25.5 Å². The number of halogens is 4. The van der Waals surface area contributed by atoms with E-state index in [0.29, 0.717) is 4.68 Å². The fourth-order valence-corrected chi connectivity index (χ4v) is 1.91. The normalized spacial score (nSPS) is 13.1. The molecule has 0 atom stereocenters. The van der Waals surface area contributed by atoms with Gasteiger partial charge in [-0.1, -0.05) is 3.89 Å². The Morgan fingerprint density at radius 3 is 2.33 bits per heavy atom. The van der Waals surface area contributed by atoms with Crippen LogP contribution < -0.4 is 0 Å². The number of hydrogen-bond donors (Lipinski definition) is 0. The summed E-state index contributed by atoms with van der Waals surface area (Å²) < 4.78 is 70.8. The molecule has 1 aromatic heterocycles. The maximum absolute atomic E-state index is 12.6. The van der Waals surface area contributed by atoms with E-state index in [-0.39, 0.29) is 12.7 Å². The number of aryl methyl sites for hydroxylation is 1. The number of hydrogen-bond acceptors (Lipinski definition) is 3. The molecule has 0 N–H and O–H groups in total. The zero-order valence-electron chi connectivity index (χ0n) is 7.42. The Morgan fingerprint density at radius 1 is 1.47 bits per heavy atom. The highest BCUT2D eigenvalue weighted by Crippen LogP contribution is 2.34. The van der Waals surface area contributed by atoms with E-state index in [1.807, 2.05) is 0 Å². The van der Waals surface area contributed by atoms with Gasteiger partial charge in [0, 0.05) is 6.54 Å². The van der Waals surface area contributed by atoms with Gasteiger partial charge >= 0.3 is 16.4 Å². The van der Waals surface area contributed by atoms with Gasteiger partial charge < -0.3 is 0 Å². The monoisotopic (exact) mass is 246 g/mol. The first-order chi connectivity index (χ1) is 6.68. The molecule has 0 unspecified atom stereocenters. The van der Waals surface area contributed by atoms with Crippen molar-refractivity contribution in [1.29, 1.82) is 0 Å². The van der Waals surface area contributed by atoms with Gasteiger partial charge in [0.1, 0.15) is 5.56 Å². The highest BCUT2D eigenvalue weighted by Gasteiger charge is 2.40. The van der Waals surface area contributed by atoms with E-state index < -0.39 is 27.0 Å². The van der Waals surface area contributed by atoms with Crippen molar-refractivity contribution >= 4 is 10.2 Å². The first-order valence-electron chi connectivity index (χ1n) is 3.75. The molecule has 86 valence electrons. The minimum absolute atomic E-state index is 0.172. The third kappa shape index (κ3) is 2.28. The fraction of sp³-hybridized carbons (Fsp3) is 0.500. The molecule has 0 bridgehead atoms. The van der Waals surface area contributed by atoms with Crippen LogP contribution in [0.1, 0.15) is 12.5 Å². The smallest absolute Gasteiger partial charge is 0.252 e. The van der Waals surface area contributed by atoms with Gasteiger partial charge in [-0.3, -0.25) is 4.68 Å². The van der Waals surface area contributed by atoms with E-state index >= 15 is 0 Å². The lowest BCUT2D eigenvalue weighted by Gasteiger charge is -2.06. The minimum Gasteiger partial charge on any atom is -0.252 e. The molecule has 1 rings (SSSR count). The second kappa shape index (κ2) is 3.47. The predicted octanol–water partition coefficient (Wildman–Crippen LogP) is 1.58. The summed E-state index contributed by atoms with van der Waals surface area (Å²) in [6.45, 7) is 1.18. The Bertz CT molecular complexity index is 462. The van der Waals surface area contributed by atoms with Crippen LogP contribution in [0.3, 0.4) is 0 Å². The first-order valence-corrected chi connectivity index (χ1v) is 5.14. The molecule has 0 fully saturated rings. The van der Waals surface area contributed by atoms with Crippen LogP contribution in [0.2, 0.25) is 0 Å². The van der Waals surface area contributed by atoms with Crippen LogP contribution in [0, 0.1) is 0 Å². The van der Waals surface area contributed by atoms with Crippen molar-refractivity contribution in [3.8, 4) is 0 Å². The summed E-state index contributed by atoms with van der Waals surface area (Å²) in [5.74, 6) is 0. The van der Waals surface area contributed by atoms with E-state index in [1.54, 1.807) is 0 Å². The standard InChI is InChI=1S/C6H6F4N2O2S/c1-2-12-5(15(10,13)14)4(3-11-12)6(7,8)9/h3H,2H2,1H3. The van der Waals surface area contributed by atoms with Gasteiger partial charge in [-0.05, 0) is 6.92 Å². The number of nitrogens with zero attached hydrogens (tertiary/aromatic N) is 2. The van der Waals surface area contributed by atoms with Gasteiger partial charge in [-0.25, -0.2) is 0 Å². The molecular formula is C6H6F4N2O2S. The van der Waals surface area contributed by atoms with Crippen molar-refractivity contribution in [2.45, 2.75) is 24.7 Å². The molecular weight excluding hydrogens is 240 g/mol. The molecule has 1 aromatic rings. The van der Waals surface area contributed by atoms with Gasteiger partial charge in [-0.15, -0.1) is 0 Å². The molecule has 4 nitrogen and oxygen atoms in total. The zero-order valence-corrected chi connectivity index (χ0v) is 8.23. The average Bonchev–Trinajstić information content (AvgIpc) is 2.44. The topological polar surface area (TPSA) is 52.0 Å². The second-order valence-electron chi connectivity index (χ2n) is 2.61. The first kappa shape index (κ1) is 12.0. The van der Waals surface area contributed by atoms with Gasteiger partial charge in [0.2, 0.25) is 0 Å². The highest BCUT2D eigenvalue weighted by molar-refractivity contribution is 7.86. The molecule has 0 saturated heterocycles. The average molecular weight is 246 g/mol. The van der Waals surface area contributed by atoms with E-state index in [4.69, 9.17) is 0 Å². The van der Waals surface area contributed by atoms with Gasteiger partial charge in [0.05, 0.1) is 6.20 Å². The maximum Gasteiger partial charge on any atom is 0.420 e. The molecule has 0 radical (unpaired) electrons. The van der Waals surface area contributed by atoms with Crippen molar-refractivity contribution in [3.63, 3.8) is 0 Å². The maximum atomic E-state index is 12.6. The van der Waals surface area contributed by atoms with Gasteiger partial charge in [-0.2, -0.15) is 26.7 Å². The Morgan fingerprint density at radius 2 is 2.00 bits per heavy atom. The lowest BCUT2D eigenvalue weighted by molar-refractivity contribution is -0.140. The van der Waals surface area contributed by atoms with Gasteiger partial charge in [0.25, 0.3) is 0 Å². The molecule has 1 heterocycles. The summed E-state index contributed by atoms with van der Waals surface area (Å²) in [6.07, 6.45) is -4.65. The molecule has 0 aromatic carbocycles. The van der Waals surface area contributed by atoms with E-state index in [0.717, 1.165) is 0 Å². The minimum atomic E-state index is -5.44. The van der Waals surface area contributed by atoms with Gasteiger partial charge in [0.15, 0.2) is 5.03 Å². The van der Waals surface area contributed by atoms with E-state index in [2.05, 4.69) is 5.10 Å². The number of alkyl halides is 3. The fourth-order valence-electron chi connectivity index (χ4n) is 1.05. The summed E-state index contributed by atoms with van der Waals surface area (Å²) in [4.78, 5) is 0. The zero-order chi connectivity index (χ0) is 11.9. The summed E-state index contributed by atoms with van der Waals surface area (Å²) in [5.41, 5.74) is -1.59. The summed E-state index contributed by atoms with van der Waals surface area (Å²) in [5, 5.41) is 1.70. The molecule has 15 heavy (non-hydrogen) atoms. The summed E-state index contributed by atoms with van der Waals surface area (Å²) in [6, 6.07) is 0. The van der Waals surface area contributed by atoms with Crippen molar-refractivity contribution in [3.05, 3.63) is 11.8 Å². The van der Waals surface area contributed by atoms with Crippen LogP contribution in [-0.4, -0.2) is 18.2 Å². The molecule has 0 amide bonds. The van der Waals surface area contributed by atoms with Crippen LogP contribution in [0.5, 0.6) is 0 Å². The Labute approximate surface area is 82.7 Å². The second-order valence-corrected chi connectivity index (χ2v) is 3.88. The summed E-state index contributed by atoms with van der Waals surface area (Å²) >= 11 is 0. The Hall–Kier alpha value is -1.12. The van der Waals surface area contributed by atoms with Crippen molar-refractivity contribution in [2.24, 2.45) is 0 Å². The predicted molar refractivity (Wildman–Crippen MR) is 41.2 cm³/mol. The largest absolute Gasteiger partial charge is 0.420 e. The molecule has 0 aliphatic rings. The third-order valence-electron chi connectivity index (χ3n) is 1.63. The number of aromatic nitrogens is 2. The lowest BCUT2D eigenvalue weighted by atomic mass is 10.3. The van der Waals surface area contributed by atoms with Crippen LogP contribution in [0.15, 0.2) is 11.2 Å². The Kier molecular flexibility index (Phi) is 2.77. The van der Waals surface area contributed by atoms with E-state index in [9.17, 15) is 25.5 Å². The SMILES string of the molecule is CCn1ncc(C(F)(F)F)c1S(=O)(=O)F. The molecule has 0 aliphatic carbocycles. The Balaban J connectivity index is 3.51. The molecule has 0 saturated carbocycles. The van der Waals surface area contributed by atoms with Crippen LogP contribution >= 0.6 is 0 Å². The van der Waals surface area contributed by atoms with Crippen molar-refractivity contribution in [2.75, 3.05) is 0 Å². The number of rotatable bonds is 2. The lowest BCUT2D eigenvalue weighted by Crippen LogP contribution is -2.13. The van der Waals surface area contributed by atoms with Crippen molar-refractivity contribution in [1.82, 2.24) is 9.78 Å². The quantitative estimate of drug-likeness (QED) is 0.588. The molecule has 9 heteroatoms. The van der Waals surface area contributed by atoms with E-state index in [1.165, 1.54) is 6.92 Å². The molecule has 0 aliphatic heterocycles. The summed E-state index contributed by atoms with van der Waals surface area (Å²) in [7, 11) is -5.44. The van der Waals surface area contributed by atoms with Crippen LogP contribution in [-0.2, 0) is 22.9 Å². The highest BCUT2D eigenvalue weighted by atomic mass is 32.3. The third-order valence-corrected chi connectivity index (χ3v) is 2.52. The molecule has 0 spiro atoms. The van der Waals surface area contributed by atoms with Crippen LogP contribution in [0.4, 0.5) is 17.1 Å².